The highest BCUT2D eigenvalue weighted by Crippen LogP contribution is 2.47. The van der Waals surface area contributed by atoms with Gasteiger partial charge in [0.25, 0.3) is 5.69 Å². The van der Waals surface area contributed by atoms with Gasteiger partial charge in [-0.15, -0.1) is 15.0 Å². The Kier molecular flexibility index (Phi) is 8.67. The first-order chi connectivity index (χ1) is 18.6. The van der Waals surface area contributed by atoms with Gasteiger partial charge in [-0.3, -0.25) is 10.1 Å². The van der Waals surface area contributed by atoms with Gasteiger partial charge in [0.05, 0.1) is 17.5 Å². The number of aliphatic hydroxyl groups excluding tert-OH is 1. The molecule has 2 heterocycles. The van der Waals surface area contributed by atoms with Crippen LogP contribution in [0.3, 0.4) is 0 Å². The number of nitrogens with zero attached hydrogens (tertiary/aromatic N) is 6. The van der Waals surface area contributed by atoms with Crippen molar-refractivity contribution in [3.05, 3.63) is 69.0 Å². The smallest absolute Gasteiger partial charge is 0.270 e. The third-order valence-electron chi connectivity index (χ3n) is 6.64. The van der Waals surface area contributed by atoms with Gasteiger partial charge >= 0.3 is 0 Å². The predicted octanol–water partition coefficient (Wildman–Crippen LogP) is 3.67. The molecule has 2 aromatic carbocycles. The summed E-state index contributed by atoms with van der Waals surface area (Å²) < 4.78 is 22.8. The number of ether oxygens (including phenoxy) is 4. The van der Waals surface area contributed by atoms with Gasteiger partial charge in [0, 0.05) is 49.2 Å². The van der Waals surface area contributed by atoms with Gasteiger partial charge in [-0.25, -0.2) is 0 Å². The number of non-ortho nitro benzene ring substituents is 1. The van der Waals surface area contributed by atoms with E-state index in [-0.39, 0.29) is 12.2 Å². The zero-order valence-corrected chi connectivity index (χ0v) is 23.0. The summed E-state index contributed by atoms with van der Waals surface area (Å²) in [5, 5.41) is 36.9. The highest BCUT2D eigenvalue weighted by atomic mass is 35.5. The lowest BCUT2D eigenvalue weighted by Crippen LogP contribution is -2.62. The van der Waals surface area contributed by atoms with Crippen molar-refractivity contribution in [2.24, 2.45) is 0 Å². The molecule has 1 aliphatic heterocycles. The molecule has 1 aromatic heterocycles. The fourth-order valence-corrected chi connectivity index (χ4v) is 4.89. The first kappa shape index (κ1) is 28.6. The Morgan fingerprint density at radius 3 is 2.56 bits per heavy atom. The Hall–Kier alpha value is -3.36. The largest absolute Gasteiger partial charge is 0.479 e. The lowest BCUT2D eigenvalue weighted by molar-refractivity contribution is -0.385. The quantitative estimate of drug-likeness (QED) is 0.207. The predicted molar refractivity (Wildman–Crippen MR) is 140 cm³/mol. The molecule has 0 radical (unpaired) electrons. The van der Waals surface area contributed by atoms with Crippen LogP contribution in [0.4, 0.5) is 11.4 Å². The zero-order chi connectivity index (χ0) is 28.3. The molecule has 0 amide bonds. The number of tetrazole rings is 1. The first-order valence-electron chi connectivity index (χ1n) is 12.3. The van der Waals surface area contributed by atoms with Crippen LogP contribution in [0.25, 0.3) is 0 Å². The van der Waals surface area contributed by atoms with Crippen LogP contribution >= 0.6 is 11.6 Å². The number of hydrogen-bond acceptors (Lipinski definition) is 11. The maximum absolute atomic E-state index is 11.9. The van der Waals surface area contributed by atoms with Gasteiger partial charge in [0.2, 0.25) is 0 Å². The average molecular weight is 563 g/mol. The van der Waals surface area contributed by atoms with Gasteiger partial charge in [0.1, 0.15) is 11.9 Å². The van der Waals surface area contributed by atoms with Crippen molar-refractivity contribution in [1.29, 1.82) is 0 Å². The third kappa shape index (κ3) is 5.68. The van der Waals surface area contributed by atoms with Crippen LogP contribution in [-0.2, 0) is 20.8 Å². The van der Waals surface area contributed by atoms with Gasteiger partial charge < -0.3 is 29.0 Å². The second-order valence-corrected chi connectivity index (χ2v) is 9.58. The van der Waals surface area contributed by atoms with Gasteiger partial charge in [-0.05, 0) is 56.3 Å². The van der Waals surface area contributed by atoms with Crippen LogP contribution in [0.15, 0.2) is 42.5 Å². The monoisotopic (exact) mass is 562 g/mol. The van der Waals surface area contributed by atoms with Crippen molar-refractivity contribution < 1.29 is 29.0 Å². The van der Waals surface area contributed by atoms with Crippen molar-refractivity contribution in [3.8, 4) is 5.75 Å². The van der Waals surface area contributed by atoms with E-state index in [4.69, 9.17) is 30.5 Å². The summed E-state index contributed by atoms with van der Waals surface area (Å²) >= 11 is 6.17. The summed E-state index contributed by atoms with van der Waals surface area (Å²) in [7, 11) is 2.88. The maximum atomic E-state index is 11.9. The lowest BCUT2D eigenvalue weighted by Gasteiger charge is -2.49. The van der Waals surface area contributed by atoms with Gasteiger partial charge in [-0.2, -0.15) is 0 Å². The molecule has 0 bridgehead atoms. The van der Waals surface area contributed by atoms with E-state index in [0.29, 0.717) is 34.5 Å². The van der Waals surface area contributed by atoms with E-state index in [1.807, 2.05) is 11.8 Å². The Labute approximate surface area is 230 Å². The number of halogens is 1. The Balaban J connectivity index is 1.87. The number of aliphatic hydroxyl groups is 1. The number of nitro benzene ring substituents is 1. The average Bonchev–Trinajstić information content (AvgIpc) is 3.38. The van der Waals surface area contributed by atoms with Crippen molar-refractivity contribution in [2.45, 2.75) is 57.6 Å². The molecule has 0 saturated carbocycles. The molecule has 0 aliphatic carbocycles. The molecule has 0 saturated heterocycles. The van der Waals surface area contributed by atoms with Crippen molar-refractivity contribution in [2.75, 3.05) is 25.7 Å². The fraction of sp³-hybridized carbons (Fsp3) is 0.480. The van der Waals surface area contributed by atoms with Crippen LogP contribution < -0.4 is 9.64 Å². The van der Waals surface area contributed by atoms with Crippen LogP contribution in [0, 0.1) is 10.1 Å². The van der Waals surface area contributed by atoms with E-state index >= 15 is 0 Å². The van der Waals surface area contributed by atoms with Gasteiger partial charge in [-0.1, -0.05) is 11.6 Å². The second kappa shape index (κ2) is 11.8. The maximum Gasteiger partial charge on any atom is 0.270 e. The van der Waals surface area contributed by atoms with E-state index in [9.17, 15) is 15.2 Å². The minimum Gasteiger partial charge on any atom is -0.479 e. The summed E-state index contributed by atoms with van der Waals surface area (Å²) in [4.78, 5) is 14.4. The van der Waals surface area contributed by atoms with E-state index < -0.39 is 35.2 Å². The molecular formula is C25H31ClN6O7. The molecule has 39 heavy (non-hydrogen) atoms. The Bertz CT molecular complexity index is 1290. The molecule has 4 atom stereocenters. The van der Waals surface area contributed by atoms with E-state index in [2.05, 4.69) is 15.4 Å². The topological polar surface area (TPSA) is 147 Å². The van der Waals surface area contributed by atoms with E-state index in [1.165, 1.54) is 37.2 Å². The number of methoxy groups -OCH3 is 2. The summed E-state index contributed by atoms with van der Waals surface area (Å²) in [5.41, 5.74) is -0.522. The molecule has 1 unspecified atom stereocenters. The normalized spacial score (nSPS) is 21.3. The molecule has 4 rings (SSSR count). The number of fused-ring (bicyclic) bond motifs is 1. The molecule has 13 nitrogen and oxygen atoms in total. The van der Waals surface area contributed by atoms with Crippen LogP contribution in [-0.4, -0.2) is 69.1 Å². The van der Waals surface area contributed by atoms with E-state index in [1.54, 1.807) is 38.1 Å². The molecule has 0 fully saturated rings. The van der Waals surface area contributed by atoms with Crippen molar-refractivity contribution in [1.82, 2.24) is 20.2 Å². The highest BCUT2D eigenvalue weighted by molar-refractivity contribution is 6.30. The molecular weight excluding hydrogens is 532 g/mol. The van der Waals surface area contributed by atoms with Gasteiger partial charge in [0.15, 0.2) is 23.9 Å². The molecule has 1 aliphatic rings. The number of aromatic nitrogens is 4. The molecule has 14 heteroatoms. The third-order valence-corrected chi connectivity index (χ3v) is 6.90. The minimum absolute atomic E-state index is 0.0745. The molecule has 210 valence electrons. The SMILES string of the molecule is CCOC(C)n1nnc(CN(c2ccc(Cl)cc2)[C@@H]2c3cc([N+](=O)[O-])ccc3O[C@](C)(C(OC)OC)[C@H]2O)n1. The van der Waals surface area contributed by atoms with Crippen LogP contribution in [0.5, 0.6) is 5.75 Å². The number of nitro groups is 1. The summed E-state index contributed by atoms with van der Waals surface area (Å²) in [6.07, 6.45) is -2.72. The van der Waals surface area contributed by atoms with Crippen molar-refractivity contribution in [3.63, 3.8) is 0 Å². The number of hydrogen-bond donors (Lipinski definition) is 1. The standard InChI is InChI=1S/C25H31ClN6O7/c1-6-38-15(2)31-28-21(27-29-31)14-30(17-9-7-16(26)8-10-17)22-19-13-18(32(34)35)11-12-20(19)39-25(3,23(22)33)24(36-4)37-5/h7-13,15,22-24,33H,6,14H2,1-5H3/t15?,22-,23+,25+/m1/s1. The zero-order valence-electron chi connectivity index (χ0n) is 22.2. The highest BCUT2D eigenvalue weighted by Gasteiger charge is 2.54. The summed E-state index contributed by atoms with van der Waals surface area (Å²) in [6.45, 7) is 5.86. The number of benzene rings is 2. The molecule has 0 spiro atoms. The minimum atomic E-state index is -1.41. The Morgan fingerprint density at radius 2 is 1.95 bits per heavy atom. The summed E-state index contributed by atoms with van der Waals surface area (Å²) in [6, 6.07) is 10.3. The first-order valence-corrected chi connectivity index (χ1v) is 12.6. The van der Waals surface area contributed by atoms with Crippen molar-refractivity contribution >= 4 is 23.0 Å². The molecule has 3 aromatic rings. The molecule has 1 N–H and O–H groups in total. The number of rotatable bonds is 11. The number of anilines is 1. The second-order valence-electron chi connectivity index (χ2n) is 9.14. The van der Waals surface area contributed by atoms with Crippen LogP contribution in [0.1, 0.15) is 44.4 Å². The Morgan fingerprint density at radius 1 is 1.26 bits per heavy atom. The van der Waals surface area contributed by atoms with E-state index in [0.717, 1.165) is 0 Å². The summed E-state index contributed by atoms with van der Waals surface area (Å²) in [5.74, 6) is 0.664. The fourth-order valence-electron chi connectivity index (χ4n) is 4.76. The lowest BCUT2D eigenvalue weighted by atomic mass is 9.83. The van der Waals surface area contributed by atoms with Crippen LogP contribution in [0.2, 0.25) is 5.02 Å².